The van der Waals surface area contributed by atoms with Gasteiger partial charge in [-0.25, -0.2) is 4.68 Å². The van der Waals surface area contributed by atoms with Gasteiger partial charge >= 0.3 is 0 Å². The zero-order valence-electron chi connectivity index (χ0n) is 9.45. The van der Waals surface area contributed by atoms with Crippen LogP contribution in [0, 0.1) is 0 Å². The van der Waals surface area contributed by atoms with E-state index >= 15 is 0 Å². The largest absolute Gasteiger partial charge is 0.392 e. The predicted octanol–water partition coefficient (Wildman–Crippen LogP) is 2.41. The van der Waals surface area contributed by atoms with Gasteiger partial charge in [0.2, 0.25) is 5.16 Å². The molecule has 1 N–H and O–H groups in total. The summed E-state index contributed by atoms with van der Waals surface area (Å²) in [6.45, 7) is 0.0331. The molecule has 1 heterocycles. The molecular weight excluding hydrogens is 316 g/mol. The van der Waals surface area contributed by atoms with Crippen LogP contribution in [-0.2, 0) is 6.61 Å². The first kappa shape index (κ1) is 12.1. The van der Waals surface area contributed by atoms with Crippen molar-refractivity contribution in [2.75, 3.05) is 0 Å². The van der Waals surface area contributed by atoms with E-state index in [2.05, 4.69) is 31.5 Å². The van der Waals surface area contributed by atoms with Crippen molar-refractivity contribution in [2.24, 2.45) is 0 Å². The van der Waals surface area contributed by atoms with Crippen molar-refractivity contribution in [3.05, 3.63) is 28.2 Å². The zero-order chi connectivity index (χ0) is 12.5. The first-order chi connectivity index (χ1) is 8.78. The van der Waals surface area contributed by atoms with Crippen molar-refractivity contribution in [1.82, 2.24) is 20.2 Å². The second-order valence-corrected chi connectivity index (χ2v) is 6.05. The maximum absolute atomic E-state index is 9.12. The molecule has 1 fully saturated rings. The minimum Gasteiger partial charge on any atom is -0.392 e. The molecule has 18 heavy (non-hydrogen) atoms. The second kappa shape index (κ2) is 4.99. The fourth-order valence-corrected chi connectivity index (χ4v) is 3.16. The summed E-state index contributed by atoms with van der Waals surface area (Å²) in [5.74, 6) is 0. The van der Waals surface area contributed by atoms with Crippen LogP contribution >= 0.6 is 27.7 Å². The lowest BCUT2D eigenvalue weighted by Gasteiger charge is -2.05. The molecule has 3 rings (SSSR count). The van der Waals surface area contributed by atoms with Gasteiger partial charge < -0.3 is 5.11 Å². The number of tetrazole rings is 1. The summed E-state index contributed by atoms with van der Waals surface area (Å²) in [4.78, 5) is 1.05. The number of hydrogen-bond acceptors (Lipinski definition) is 5. The Kier molecular flexibility index (Phi) is 3.36. The van der Waals surface area contributed by atoms with Crippen LogP contribution in [0.1, 0.15) is 24.4 Å². The number of nitrogens with zero attached hydrogens (tertiary/aromatic N) is 4. The molecule has 1 saturated carbocycles. The van der Waals surface area contributed by atoms with E-state index in [4.69, 9.17) is 5.11 Å². The van der Waals surface area contributed by atoms with Gasteiger partial charge in [-0.15, -0.1) is 5.10 Å². The standard InChI is InChI=1S/C11H11BrN4OS/c12-10-5-9(4-1-7(10)6-17)18-11-13-14-15-16(11)8-2-3-8/h1,4-5,8,17H,2-3,6H2. The lowest BCUT2D eigenvalue weighted by molar-refractivity contribution is 0.281. The van der Waals surface area contributed by atoms with Gasteiger partial charge in [-0.3, -0.25) is 0 Å². The van der Waals surface area contributed by atoms with Crippen molar-refractivity contribution in [3.8, 4) is 0 Å². The van der Waals surface area contributed by atoms with E-state index in [0.29, 0.717) is 6.04 Å². The Morgan fingerprint density at radius 1 is 1.44 bits per heavy atom. The Balaban J connectivity index is 1.83. The second-order valence-electron chi connectivity index (χ2n) is 4.15. The van der Waals surface area contributed by atoms with Crippen LogP contribution in [0.15, 0.2) is 32.7 Å². The molecule has 0 aliphatic heterocycles. The van der Waals surface area contributed by atoms with E-state index in [0.717, 1.165) is 32.9 Å². The fourth-order valence-electron chi connectivity index (χ4n) is 1.63. The van der Waals surface area contributed by atoms with Crippen molar-refractivity contribution in [3.63, 3.8) is 0 Å². The highest BCUT2D eigenvalue weighted by Gasteiger charge is 2.28. The van der Waals surface area contributed by atoms with Crippen LogP contribution < -0.4 is 0 Å². The van der Waals surface area contributed by atoms with Gasteiger partial charge in [0.15, 0.2) is 0 Å². The Morgan fingerprint density at radius 2 is 2.28 bits per heavy atom. The third kappa shape index (κ3) is 2.43. The van der Waals surface area contributed by atoms with Gasteiger partial charge in [0, 0.05) is 9.37 Å². The highest BCUT2D eigenvalue weighted by Crippen LogP contribution is 2.38. The van der Waals surface area contributed by atoms with Gasteiger partial charge in [-0.1, -0.05) is 22.0 Å². The summed E-state index contributed by atoms with van der Waals surface area (Å²) >= 11 is 4.98. The molecule has 0 atom stereocenters. The Labute approximate surface area is 117 Å². The highest BCUT2D eigenvalue weighted by atomic mass is 79.9. The van der Waals surface area contributed by atoms with Crippen molar-refractivity contribution >= 4 is 27.7 Å². The Hall–Kier alpha value is -0.920. The molecule has 0 saturated heterocycles. The van der Waals surface area contributed by atoms with Crippen molar-refractivity contribution in [1.29, 1.82) is 0 Å². The SMILES string of the molecule is OCc1ccc(Sc2nnnn2C2CC2)cc1Br. The third-order valence-electron chi connectivity index (χ3n) is 2.76. The molecule has 0 amide bonds. The molecule has 7 heteroatoms. The van der Waals surface area contributed by atoms with Crippen LogP contribution in [0.2, 0.25) is 0 Å². The number of hydrogen-bond donors (Lipinski definition) is 1. The zero-order valence-corrected chi connectivity index (χ0v) is 11.9. The van der Waals surface area contributed by atoms with Gasteiger partial charge in [-0.2, -0.15) is 0 Å². The molecule has 1 aliphatic rings. The van der Waals surface area contributed by atoms with Gasteiger partial charge in [0.05, 0.1) is 12.6 Å². The average Bonchev–Trinajstić information content (AvgIpc) is 3.11. The predicted molar refractivity (Wildman–Crippen MR) is 70.3 cm³/mol. The van der Waals surface area contributed by atoms with E-state index in [1.807, 2.05) is 22.9 Å². The van der Waals surface area contributed by atoms with Crippen LogP contribution in [0.4, 0.5) is 0 Å². The molecule has 1 aliphatic carbocycles. The molecule has 0 unspecified atom stereocenters. The molecule has 0 radical (unpaired) electrons. The molecular formula is C11H11BrN4OS. The number of benzene rings is 1. The average molecular weight is 327 g/mol. The molecule has 1 aromatic carbocycles. The Morgan fingerprint density at radius 3 is 2.94 bits per heavy atom. The molecule has 0 spiro atoms. The van der Waals surface area contributed by atoms with E-state index in [1.54, 1.807) is 0 Å². The van der Waals surface area contributed by atoms with Crippen LogP contribution in [0.5, 0.6) is 0 Å². The minimum absolute atomic E-state index is 0.0331. The lowest BCUT2D eigenvalue weighted by Crippen LogP contribution is -1.98. The third-order valence-corrected chi connectivity index (χ3v) is 4.44. The first-order valence-corrected chi connectivity index (χ1v) is 7.24. The lowest BCUT2D eigenvalue weighted by atomic mass is 10.2. The normalized spacial score (nSPS) is 15.0. The van der Waals surface area contributed by atoms with Crippen LogP contribution in [0.3, 0.4) is 0 Å². The Bertz CT molecular complexity index is 570. The number of rotatable bonds is 4. The number of aliphatic hydroxyl groups is 1. The van der Waals surface area contributed by atoms with E-state index in [1.165, 1.54) is 11.8 Å². The molecule has 94 valence electrons. The van der Waals surface area contributed by atoms with Crippen molar-refractivity contribution < 1.29 is 5.11 Å². The quantitative estimate of drug-likeness (QED) is 0.934. The van der Waals surface area contributed by atoms with Crippen molar-refractivity contribution in [2.45, 2.75) is 35.5 Å². The summed E-state index contributed by atoms with van der Waals surface area (Å²) in [7, 11) is 0. The van der Waals surface area contributed by atoms with Gasteiger partial charge in [0.1, 0.15) is 0 Å². The van der Waals surface area contributed by atoms with E-state index < -0.39 is 0 Å². The smallest absolute Gasteiger partial charge is 0.214 e. The molecule has 1 aromatic heterocycles. The maximum atomic E-state index is 9.12. The maximum Gasteiger partial charge on any atom is 0.214 e. The van der Waals surface area contributed by atoms with Crippen LogP contribution in [-0.4, -0.2) is 25.3 Å². The minimum atomic E-state index is 0.0331. The summed E-state index contributed by atoms with van der Waals surface area (Å²) in [6, 6.07) is 6.31. The summed E-state index contributed by atoms with van der Waals surface area (Å²) in [6.07, 6.45) is 2.32. The van der Waals surface area contributed by atoms with E-state index in [9.17, 15) is 0 Å². The molecule has 5 nitrogen and oxygen atoms in total. The van der Waals surface area contributed by atoms with Crippen LogP contribution in [0.25, 0.3) is 0 Å². The fraction of sp³-hybridized carbons (Fsp3) is 0.364. The van der Waals surface area contributed by atoms with Gasteiger partial charge in [-0.05, 0) is 52.7 Å². The summed E-state index contributed by atoms with van der Waals surface area (Å²) < 4.78 is 2.79. The van der Waals surface area contributed by atoms with Gasteiger partial charge in [0.25, 0.3) is 0 Å². The number of halogens is 1. The van der Waals surface area contributed by atoms with E-state index in [-0.39, 0.29) is 6.61 Å². The first-order valence-electron chi connectivity index (χ1n) is 5.63. The topological polar surface area (TPSA) is 63.8 Å². The summed E-state index contributed by atoms with van der Waals surface area (Å²) in [5, 5.41) is 21.7. The number of aliphatic hydroxyl groups excluding tert-OH is 1. The molecule has 2 aromatic rings. The summed E-state index contributed by atoms with van der Waals surface area (Å²) in [5.41, 5.74) is 0.876. The highest BCUT2D eigenvalue weighted by molar-refractivity contribution is 9.10. The number of aromatic nitrogens is 4. The molecule has 0 bridgehead atoms. The monoisotopic (exact) mass is 326 g/mol.